The highest BCUT2D eigenvalue weighted by Crippen LogP contribution is 2.31. The van der Waals surface area contributed by atoms with E-state index < -0.39 is 0 Å². The molecule has 0 aliphatic rings. The zero-order valence-electron chi connectivity index (χ0n) is 15.9. The van der Waals surface area contributed by atoms with Crippen molar-refractivity contribution in [3.8, 4) is 33.9 Å². The first kappa shape index (κ1) is 17.2. The fourth-order valence-electron chi connectivity index (χ4n) is 3.19. The summed E-state index contributed by atoms with van der Waals surface area (Å²) < 4.78 is 0. The van der Waals surface area contributed by atoms with Crippen molar-refractivity contribution in [3.05, 3.63) is 84.4 Å². The Hall–Kier alpha value is -3.20. The van der Waals surface area contributed by atoms with Crippen LogP contribution in [-0.2, 0) is 5.41 Å². The van der Waals surface area contributed by atoms with Crippen molar-refractivity contribution in [1.29, 1.82) is 0 Å². The smallest absolute Gasteiger partial charge is 0.181 e. The number of H-pyrrole nitrogens is 1. The van der Waals surface area contributed by atoms with Crippen molar-refractivity contribution in [2.45, 2.75) is 26.2 Å². The normalized spacial score (nSPS) is 11.5. The van der Waals surface area contributed by atoms with Gasteiger partial charge < -0.3 is 0 Å². The summed E-state index contributed by atoms with van der Waals surface area (Å²) in [5, 5.41) is 7.57. The third kappa shape index (κ3) is 3.54. The Labute approximate surface area is 160 Å². The summed E-state index contributed by atoms with van der Waals surface area (Å²) in [6.45, 7) is 6.65. The van der Waals surface area contributed by atoms with E-state index >= 15 is 0 Å². The SMILES string of the molecule is CC(C)(C)c1ccc(-c2n[nH]c(-c3ccccc3-c3ccccc3)n2)cc1. The van der Waals surface area contributed by atoms with Crippen molar-refractivity contribution in [2.75, 3.05) is 0 Å². The largest absolute Gasteiger partial charge is 0.259 e. The van der Waals surface area contributed by atoms with Gasteiger partial charge in [-0.25, -0.2) is 4.98 Å². The average Bonchev–Trinajstić information content (AvgIpc) is 3.18. The van der Waals surface area contributed by atoms with Crippen LogP contribution in [0.1, 0.15) is 26.3 Å². The maximum Gasteiger partial charge on any atom is 0.181 e. The van der Waals surface area contributed by atoms with E-state index in [1.807, 2.05) is 18.2 Å². The molecule has 4 aromatic rings. The van der Waals surface area contributed by atoms with Crippen LogP contribution in [-0.4, -0.2) is 15.2 Å². The summed E-state index contributed by atoms with van der Waals surface area (Å²) >= 11 is 0. The van der Waals surface area contributed by atoms with E-state index in [4.69, 9.17) is 4.98 Å². The van der Waals surface area contributed by atoms with Gasteiger partial charge in [0.1, 0.15) is 0 Å². The Morgan fingerprint density at radius 2 is 1.30 bits per heavy atom. The summed E-state index contributed by atoms with van der Waals surface area (Å²) in [4.78, 5) is 4.76. The second kappa shape index (κ2) is 6.84. The highest BCUT2D eigenvalue weighted by molar-refractivity contribution is 5.80. The van der Waals surface area contributed by atoms with E-state index in [0.29, 0.717) is 5.82 Å². The van der Waals surface area contributed by atoms with Crippen LogP contribution in [0.15, 0.2) is 78.9 Å². The maximum atomic E-state index is 4.76. The lowest BCUT2D eigenvalue weighted by Crippen LogP contribution is -2.10. The number of rotatable bonds is 3. The molecule has 0 amide bonds. The van der Waals surface area contributed by atoms with Crippen LogP contribution in [0.2, 0.25) is 0 Å². The van der Waals surface area contributed by atoms with E-state index in [0.717, 1.165) is 22.5 Å². The standard InChI is InChI=1S/C24H23N3/c1-24(2,3)19-15-13-18(14-16-19)22-25-23(27-26-22)21-12-8-7-11-20(21)17-9-5-4-6-10-17/h4-16H,1-3H3,(H,25,26,27). The lowest BCUT2D eigenvalue weighted by Gasteiger charge is -2.18. The van der Waals surface area contributed by atoms with E-state index in [9.17, 15) is 0 Å². The van der Waals surface area contributed by atoms with Gasteiger partial charge in [0.15, 0.2) is 11.6 Å². The highest BCUT2D eigenvalue weighted by Gasteiger charge is 2.15. The summed E-state index contributed by atoms with van der Waals surface area (Å²) in [6, 6.07) is 27.1. The number of hydrogen-bond donors (Lipinski definition) is 1. The third-order valence-electron chi connectivity index (χ3n) is 4.76. The van der Waals surface area contributed by atoms with Crippen LogP contribution in [0.5, 0.6) is 0 Å². The van der Waals surface area contributed by atoms with Crippen LogP contribution in [0.3, 0.4) is 0 Å². The Kier molecular flexibility index (Phi) is 4.36. The average molecular weight is 353 g/mol. The molecule has 1 aromatic heterocycles. The Bertz CT molecular complexity index is 1040. The molecule has 1 heterocycles. The molecule has 0 atom stereocenters. The number of hydrogen-bond acceptors (Lipinski definition) is 2. The van der Waals surface area contributed by atoms with Gasteiger partial charge in [0.05, 0.1) is 0 Å². The van der Waals surface area contributed by atoms with E-state index in [-0.39, 0.29) is 5.41 Å². The maximum absolute atomic E-state index is 4.76. The van der Waals surface area contributed by atoms with Crippen molar-refractivity contribution in [3.63, 3.8) is 0 Å². The molecule has 3 aromatic carbocycles. The monoisotopic (exact) mass is 353 g/mol. The fourth-order valence-corrected chi connectivity index (χ4v) is 3.19. The van der Waals surface area contributed by atoms with Gasteiger partial charge in [-0.15, -0.1) is 0 Å². The molecule has 0 unspecified atom stereocenters. The van der Waals surface area contributed by atoms with E-state index in [2.05, 4.69) is 91.6 Å². The summed E-state index contributed by atoms with van der Waals surface area (Å²) in [5.41, 5.74) is 5.81. The van der Waals surface area contributed by atoms with Crippen LogP contribution < -0.4 is 0 Å². The third-order valence-corrected chi connectivity index (χ3v) is 4.76. The van der Waals surface area contributed by atoms with Crippen LogP contribution in [0, 0.1) is 0 Å². The minimum atomic E-state index is 0.136. The second-order valence-electron chi connectivity index (χ2n) is 7.75. The minimum Gasteiger partial charge on any atom is -0.259 e. The predicted molar refractivity (Wildman–Crippen MR) is 111 cm³/mol. The highest BCUT2D eigenvalue weighted by atomic mass is 15.2. The van der Waals surface area contributed by atoms with Crippen LogP contribution in [0.25, 0.3) is 33.9 Å². The Morgan fingerprint density at radius 3 is 1.96 bits per heavy atom. The summed E-state index contributed by atoms with van der Waals surface area (Å²) in [5.74, 6) is 1.50. The van der Waals surface area contributed by atoms with E-state index in [1.54, 1.807) is 0 Å². The quantitative estimate of drug-likeness (QED) is 0.483. The minimum absolute atomic E-state index is 0.136. The van der Waals surface area contributed by atoms with Gasteiger partial charge in [0.2, 0.25) is 0 Å². The molecule has 0 saturated carbocycles. The van der Waals surface area contributed by atoms with Gasteiger partial charge in [0, 0.05) is 11.1 Å². The lowest BCUT2D eigenvalue weighted by atomic mass is 9.87. The molecule has 0 bridgehead atoms. The molecule has 27 heavy (non-hydrogen) atoms. The van der Waals surface area contributed by atoms with Gasteiger partial charge >= 0.3 is 0 Å². The van der Waals surface area contributed by atoms with Gasteiger partial charge in [0.25, 0.3) is 0 Å². The van der Waals surface area contributed by atoms with Crippen molar-refractivity contribution < 1.29 is 0 Å². The molecular formula is C24H23N3. The molecule has 0 aliphatic heterocycles. The lowest BCUT2D eigenvalue weighted by molar-refractivity contribution is 0.590. The van der Waals surface area contributed by atoms with Gasteiger partial charge in [-0.1, -0.05) is 99.6 Å². The zero-order chi connectivity index (χ0) is 18.9. The van der Waals surface area contributed by atoms with Gasteiger partial charge in [-0.3, -0.25) is 5.10 Å². The first-order chi connectivity index (χ1) is 13.0. The molecule has 0 fully saturated rings. The van der Waals surface area contributed by atoms with Gasteiger partial charge in [-0.05, 0) is 22.1 Å². The first-order valence-corrected chi connectivity index (χ1v) is 9.20. The number of nitrogens with zero attached hydrogens (tertiary/aromatic N) is 2. The number of aromatic amines is 1. The first-order valence-electron chi connectivity index (χ1n) is 9.20. The predicted octanol–water partition coefficient (Wildman–Crippen LogP) is 6.10. The van der Waals surface area contributed by atoms with Crippen molar-refractivity contribution >= 4 is 0 Å². The zero-order valence-corrected chi connectivity index (χ0v) is 15.9. The molecule has 4 rings (SSSR count). The molecule has 134 valence electrons. The second-order valence-corrected chi connectivity index (χ2v) is 7.75. The van der Waals surface area contributed by atoms with Crippen LogP contribution >= 0.6 is 0 Å². The fraction of sp³-hybridized carbons (Fsp3) is 0.167. The van der Waals surface area contributed by atoms with Crippen molar-refractivity contribution in [1.82, 2.24) is 15.2 Å². The topological polar surface area (TPSA) is 41.6 Å². The molecule has 1 N–H and O–H groups in total. The Morgan fingerprint density at radius 1 is 0.667 bits per heavy atom. The summed E-state index contributed by atoms with van der Waals surface area (Å²) in [6.07, 6.45) is 0. The van der Waals surface area contributed by atoms with Crippen LogP contribution in [0.4, 0.5) is 0 Å². The van der Waals surface area contributed by atoms with E-state index in [1.165, 1.54) is 11.1 Å². The molecule has 0 spiro atoms. The van der Waals surface area contributed by atoms with Gasteiger partial charge in [-0.2, -0.15) is 5.10 Å². The summed E-state index contributed by atoms with van der Waals surface area (Å²) in [7, 11) is 0. The van der Waals surface area contributed by atoms with Crippen molar-refractivity contribution in [2.24, 2.45) is 0 Å². The molecule has 3 nitrogen and oxygen atoms in total. The number of nitrogens with one attached hydrogen (secondary N) is 1. The molecule has 0 saturated heterocycles. The molecule has 0 radical (unpaired) electrons. The number of aromatic nitrogens is 3. The molecular weight excluding hydrogens is 330 g/mol. The molecule has 0 aliphatic carbocycles. The molecule has 3 heteroatoms. The Balaban J connectivity index is 1.70. The number of benzene rings is 3.